The Morgan fingerprint density at radius 2 is 1.89 bits per heavy atom. The summed E-state index contributed by atoms with van der Waals surface area (Å²) in [5.41, 5.74) is 0.734. The molecule has 3 aromatic rings. The van der Waals surface area contributed by atoms with E-state index in [-0.39, 0.29) is 11.4 Å². The highest BCUT2D eigenvalue weighted by Gasteiger charge is 2.33. The van der Waals surface area contributed by atoms with Crippen LogP contribution in [0.25, 0.3) is 22.0 Å². The first kappa shape index (κ1) is 18.7. The molecular weight excluding hydrogens is 389 g/mol. The molecule has 0 aliphatic carbocycles. The minimum Gasteiger partial charge on any atom is -0.353 e. The molecule has 4 heterocycles. The Bertz CT molecular complexity index is 1010. The van der Waals surface area contributed by atoms with E-state index in [0.717, 1.165) is 11.6 Å². The van der Waals surface area contributed by atoms with Crippen molar-refractivity contribution in [2.45, 2.75) is 13.1 Å². The van der Waals surface area contributed by atoms with Crippen LogP contribution in [0.5, 0.6) is 0 Å². The van der Waals surface area contributed by atoms with Gasteiger partial charge in [-0.1, -0.05) is 0 Å². The lowest BCUT2D eigenvalue weighted by atomic mass is 10.1. The first-order valence-electron chi connectivity index (χ1n) is 8.74. The molecule has 3 aromatic heterocycles. The fourth-order valence-electron chi connectivity index (χ4n) is 3.37. The summed E-state index contributed by atoms with van der Waals surface area (Å²) in [6, 6.07) is 4.28. The molecule has 1 saturated heterocycles. The lowest BCUT2D eigenvalue weighted by Gasteiger charge is -2.35. The summed E-state index contributed by atoms with van der Waals surface area (Å²) in [6.07, 6.45) is -2.93. The number of hydrogen-bond acceptors (Lipinski definition) is 5. The maximum atomic E-state index is 13.2. The average Bonchev–Trinajstić information content (AvgIpc) is 3.20. The maximum Gasteiger partial charge on any atom is 0.433 e. The third-order valence-electron chi connectivity index (χ3n) is 4.85. The van der Waals surface area contributed by atoms with Crippen molar-refractivity contribution in [2.24, 2.45) is 0 Å². The molecule has 1 aliphatic rings. The normalized spacial score (nSPS) is 15.3. The van der Waals surface area contributed by atoms with Gasteiger partial charge in [0.15, 0.2) is 0 Å². The number of carbonyl (C=O) groups is 1. The molecule has 0 unspecified atom stereocenters. The standard InChI is InChI=1S/C19H17F3N4OS/c1-12(27)25-5-7-26(8-6-25)18-14-2-3-16(19(20,21)22)24-17(14)15(10-23-18)13-4-9-28-11-13/h2-4,9-11H,5-8H2,1H3. The number of carbonyl (C=O) groups excluding carboxylic acids is 1. The monoisotopic (exact) mass is 406 g/mol. The van der Waals surface area contributed by atoms with E-state index >= 15 is 0 Å². The SMILES string of the molecule is CC(=O)N1CCN(c2ncc(-c3ccsc3)c3nc(C(F)(F)F)ccc23)CC1. The number of aromatic nitrogens is 2. The molecule has 0 atom stereocenters. The molecule has 1 aliphatic heterocycles. The molecule has 9 heteroatoms. The van der Waals surface area contributed by atoms with Gasteiger partial charge in [-0.15, -0.1) is 0 Å². The van der Waals surface area contributed by atoms with Gasteiger partial charge >= 0.3 is 6.18 Å². The smallest absolute Gasteiger partial charge is 0.353 e. The topological polar surface area (TPSA) is 49.3 Å². The zero-order chi connectivity index (χ0) is 19.9. The molecule has 1 fully saturated rings. The number of pyridine rings is 2. The van der Waals surface area contributed by atoms with Gasteiger partial charge in [0.05, 0.1) is 5.52 Å². The van der Waals surface area contributed by atoms with E-state index in [2.05, 4.69) is 9.97 Å². The molecule has 1 amide bonds. The van der Waals surface area contributed by atoms with E-state index < -0.39 is 11.9 Å². The van der Waals surface area contributed by atoms with Gasteiger partial charge in [0.25, 0.3) is 0 Å². The van der Waals surface area contributed by atoms with E-state index in [1.54, 1.807) is 11.1 Å². The van der Waals surface area contributed by atoms with E-state index in [0.29, 0.717) is 42.9 Å². The number of piperazine rings is 1. The fourth-order valence-corrected chi connectivity index (χ4v) is 4.03. The van der Waals surface area contributed by atoms with Crippen LogP contribution in [0.3, 0.4) is 0 Å². The number of thiophene rings is 1. The van der Waals surface area contributed by atoms with Crippen molar-refractivity contribution in [3.63, 3.8) is 0 Å². The predicted octanol–water partition coefficient (Wildman–Crippen LogP) is 4.05. The predicted molar refractivity (Wildman–Crippen MR) is 102 cm³/mol. The number of rotatable bonds is 2. The van der Waals surface area contributed by atoms with Crippen molar-refractivity contribution in [3.8, 4) is 11.1 Å². The van der Waals surface area contributed by atoms with Gasteiger partial charge < -0.3 is 9.80 Å². The van der Waals surface area contributed by atoms with Crippen molar-refractivity contribution >= 4 is 34.0 Å². The van der Waals surface area contributed by atoms with Crippen LogP contribution in [0.1, 0.15) is 12.6 Å². The number of fused-ring (bicyclic) bond motifs is 1. The maximum absolute atomic E-state index is 13.2. The first-order valence-corrected chi connectivity index (χ1v) is 9.69. The van der Waals surface area contributed by atoms with Crippen LogP contribution in [0.15, 0.2) is 35.2 Å². The Balaban J connectivity index is 1.81. The lowest BCUT2D eigenvalue weighted by Crippen LogP contribution is -2.48. The fraction of sp³-hybridized carbons (Fsp3) is 0.316. The van der Waals surface area contributed by atoms with Gasteiger partial charge in [-0.3, -0.25) is 4.79 Å². The van der Waals surface area contributed by atoms with Crippen molar-refractivity contribution in [2.75, 3.05) is 31.1 Å². The first-order chi connectivity index (χ1) is 13.3. The van der Waals surface area contributed by atoms with E-state index in [9.17, 15) is 18.0 Å². The molecule has 0 N–H and O–H groups in total. The van der Waals surface area contributed by atoms with Gasteiger partial charge in [0.2, 0.25) is 5.91 Å². The molecule has 0 aromatic carbocycles. The quantitative estimate of drug-likeness (QED) is 0.644. The Kier molecular flexibility index (Phi) is 4.70. The highest BCUT2D eigenvalue weighted by molar-refractivity contribution is 7.08. The summed E-state index contributed by atoms with van der Waals surface area (Å²) in [6.45, 7) is 3.78. The van der Waals surface area contributed by atoms with Gasteiger partial charge in [-0.25, -0.2) is 9.97 Å². The molecule has 0 bridgehead atoms. The Hall–Kier alpha value is -2.68. The van der Waals surface area contributed by atoms with Crippen LogP contribution >= 0.6 is 11.3 Å². The second-order valence-corrected chi connectivity index (χ2v) is 7.37. The highest BCUT2D eigenvalue weighted by Crippen LogP contribution is 2.36. The summed E-state index contributed by atoms with van der Waals surface area (Å²) >= 11 is 1.46. The van der Waals surface area contributed by atoms with Gasteiger partial charge in [-0.2, -0.15) is 24.5 Å². The van der Waals surface area contributed by atoms with Crippen molar-refractivity contribution in [3.05, 3.63) is 40.8 Å². The minimum atomic E-state index is -4.52. The number of halogens is 3. The molecule has 0 saturated carbocycles. The second kappa shape index (κ2) is 7.05. The summed E-state index contributed by atoms with van der Waals surface area (Å²) in [4.78, 5) is 23.8. The summed E-state index contributed by atoms with van der Waals surface area (Å²) < 4.78 is 39.7. The second-order valence-electron chi connectivity index (χ2n) is 6.59. The molecule has 5 nitrogen and oxygen atoms in total. The van der Waals surface area contributed by atoms with Crippen molar-refractivity contribution in [1.29, 1.82) is 0 Å². The van der Waals surface area contributed by atoms with E-state index in [1.165, 1.54) is 24.3 Å². The Morgan fingerprint density at radius 3 is 2.50 bits per heavy atom. The third-order valence-corrected chi connectivity index (χ3v) is 5.54. The van der Waals surface area contributed by atoms with Crippen LogP contribution in [0.2, 0.25) is 0 Å². The van der Waals surface area contributed by atoms with E-state index in [4.69, 9.17) is 0 Å². The largest absolute Gasteiger partial charge is 0.433 e. The molecule has 0 radical (unpaired) electrons. The number of anilines is 1. The van der Waals surface area contributed by atoms with Crippen molar-refractivity contribution < 1.29 is 18.0 Å². The zero-order valence-electron chi connectivity index (χ0n) is 15.0. The Labute approximate surface area is 163 Å². The number of alkyl halides is 3. The molecular formula is C19H17F3N4OS. The van der Waals surface area contributed by atoms with Crippen LogP contribution in [0.4, 0.5) is 19.0 Å². The van der Waals surface area contributed by atoms with Crippen LogP contribution in [-0.4, -0.2) is 47.0 Å². The van der Waals surface area contributed by atoms with E-state index in [1.807, 2.05) is 21.7 Å². The summed E-state index contributed by atoms with van der Waals surface area (Å²) in [5, 5.41) is 4.31. The number of amides is 1. The molecule has 4 rings (SSSR count). The molecule has 28 heavy (non-hydrogen) atoms. The minimum absolute atomic E-state index is 0.0155. The van der Waals surface area contributed by atoms with Crippen LogP contribution in [0, 0.1) is 0 Å². The van der Waals surface area contributed by atoms with Gasteiger partial charge in [0, 0.05) is 50.2 Å². The number of nitrogens with zero attached hydrogens (tertiary/aromatic N) is 4. The van der Waals surface area contributed by atoms with Gasteiger partial charge in [0.1, 0.15) is 11.5 Å². The molecule has 146 valence electrons. The summed E-state index contributed by atoms with van der Waals surface area (Å²) in [7, 11) is 0. The third kappa shape index (κ3) is 3.42. The summed E-state index contributed by atoms with van der Waals surface area (Å²) in [5.74, 6) is 0.611. The van der Waals surface area contributed by atoms with Crippen LogP contribution in [-0.2, 0) is 11.0 Å². The highest BCUT2D eigenvalue weighted by atomic mass is 32.1. The molecule has 0 spiro atoms. The van der Waals surface area contributed by atoms with Gasteiger partial charge in [-0.05, 0) is 34.5 Å². The average molecular weight is 406 g/mol. The Morgan fingerprint density at radius 1 is 1.14 bits per heavy atom. The lowest BCUT2D eigenvalue weighted by molar-refractivity contribution is -0.141. The number of hydrogen-bond donors (Lipinski definition) is 0. The van der Waals surface area contributed by atoms with Crippen LogP contribution < -0.4 is 4.90 Å². The zero-order valence-corrected chi connectivity index (χ0v) is 15.8. The van der Waals surface area contributed by atoms with Crippen molar-refractivity contribution in [1.82, 2.24) is 14.9 Å².